The second-order valence-electron chi connectivity index (χ2n) is 9.19. The lowest BCUT2D eigenvalue weighted by Crippen LogP contribution is -2.52. The molecule has 202 valence electrons. The molecule has 2 amide bonds. The van der Waals surface area contributed by atoms with E-state index in [0.29, 0.717) is 25.0 Å². The highest BCUT2D eigenvalue weighted by molar-refractivity contribution is 5.97. The lowest BCUT2D eigenvalue weighted by Gasteiger charge is -2.23. The molecule has 0 fully saturated rings. The molecule has 38 heavy (non-hydrogen) atoms. The highest BCUT2D eigenvalue weighted by Crippen LogP contribution is 2.14. The van der Waals surface area contributed by atoms with Gasteiger partial charge in [0, 0.05) is 18.5 Å². The third-order valence-corrected chi connectivity index (χ3v) is 6.48. The van der Waals surface area contributed by atoms with E-state index in [4.69, 9.17) is 4.74 Å². The molecule has 0 spiro atoms. The summed E-state index contributed by atoms with van der Waals surface area (Å²) in [6, 6.07) is 24.8. The van der Waals surface area contributed by atoms with Crippen molar-refractivity contribution in [1.29, 1.82) is 0 Å². The SMILES string of the molecule is CCN(CC)CCOc1ccc(CC(NC(=O)c2ccccc2)C(=O)NC(CO)Cc2ccccc2)cc1. The van der Waals surface area contributed by atoms with Crippen LogP contribution in [0.5, 0.6) is 5.75 Å². The van der Waals surface area contributed by atoms with E-state index in [9.17, 15) is 14.7 Å². The van der Waals surface area contributed by atoms with Crippen LogP contribution in [0.15, 0.2) is 84.9 Å². The number of carbonyl (C=O) groups excluding carboxylic acids is 2. The fraction of sp³-hybridized carbons (Fsp3) is 0.355. The normalized spacial score (nSPS) is 12.5. The van der Waals surface area contributed by atoms with Crippen molar-refractivity contribution in [2.45, 2.75) is 38.8 Å². The van der Waals surface area contributed by atoms with Crippen LogP contribution in [0.4, 0.5) is 0 Å². The first-order valence-corrected chi connectivity index (χ1v) is 13.3. The number of aliphatic hydroxyl groups is 1. The summed E-state index contributed by atoms with van der Waals surface area (Å²) in [5.41, 5.74) is 2.37. The molecule has 0 aliphatic carbocycles. The van der Waals surface area contributed by atoms with Crippen LogP contribution >= 0.6 is 0 Å². The predicted octanol–water partition coefficient (Wildman–Crippen LogP) is 3.47. The molecule has 0 aliphatic heterocycles. The minimum absolute atomic E-state index is 0.209. The summed E-state index contributed by atoms with van der Waals surface area (Å²) >= 11 is 0. The van der Waals surface area contributed by atoms with Crippen LogP contribution in [0, 0.1) is 0 Å². The van der Waals surface area contributed by atoms with Gasteiger partial charge in [0.2, 0.25) is 5.91 Å². The molecule has 0 radical (unpaired) electrons. The van der Waals surface area contributed by atoms with E-state index in [1.165, 1.54) is 0 Å². The first-order chi connectivity index (χ1) is 18.5. The molecule has 3 N–H and O–H groups in total. The summed E-state index contributed by atoms with van der Waals surface area (Å²) in [6.07, 6.45) is 0.787. The molecule has 7 nitrogen and oxygen atoms in total. The van der Waals surface area contributed by atoms with Crippen LogP contribution < -0.4 is 15.4 Å². The largest absolute Gasteiger partial charge is 0.492 e. The van der Waals surface area contributed by atoms with Crippen molar-refractivity contribution in [2.75, 3.05) is 32.8 Å². The zero-order valence-corrected chi connectivity index (χ0v) is 22.3. The van der Waals surface area contributed by atoms with Crippen LogP contribution in [0.25, 0.3) is 0 Å². The van der Waals surface area contributed by atoms with Crippen molar-refractivity contribution in [3.8, 4) is 5.75 Å². The van der Waals surface area contributed by atoms with E-state index in [2.05, 4.69) is 29.4 Å². The van der Waals surface area contributed by atoms with Gasteiger partial charge < -0.3 is 25.4 Å². The number of nitrogens with one attached hydrogen (secondary N) is 2. The molecule has 3 aromatic rings. The Morgan fingerprint density at radius 3 is 2.03 bits per heavy atom. The maximum Gasteiger partial charge on any atom is 0.251 e. The Labute approximate surface area is 225 Å². The second-order valence-corrected chi connectivity index (χ2v) is 9.19. The second kappa shape index (κ2) is 15.5. The van der Waals surface area contributed by atoms with Gasteiger partial charge in [0.1, 0.15) is 18.4 Å². The summed E-state index contributed by atoms with van der Waals surface area (Å²) in [5.74, 6) is 0.0907. The minimum Gasteiger partial charge on any atom is -0.492 e. The minimum atomic E-state index is -0.818. The van der Waals surface area contributed by atoms with Gasteiger partial charge in [-0.3, -0.25) is 9.59 Å². The van der Waals surface area contributed by atoms with Gasteiger partial charge in [0.15, 0.2) is 0 Å². The molecule has 7 heteroatoms. The van der Waals surface area contributed by atoms with Gasteiger partial charge in [-0.2, -0.15) is 0 Å². The quantitative estimate of drug-likeness (QED) is 0.287. The Balaban J connectivity index is 1.67. The smallest absolute Gasteiger partial charge is 0.251 e. The number of amides is 2. The molecule has 0 saturated carbocycles. The number of carbonyl (C=O) groups is 2. The molecule has 0 aromatic heterocycles. The fourth-order valence-corrected chi connectivity index (χ4v) is 4.19. The van der Waals surface area contributed by atoms with Gasteiger partial charge in [-0.05, 0) is 54.9 Å². The summed E-state index contributed by atoms with van der Waals surface area (Å²) < 4.78 is 5.88. The third kappa shape index (κ3) is 9.32. The van der Waals surface area contributed by atoms with Gasteiger partial charge in [0.25, 0.3) is 5.91 Å². The van der Waals surface area contributed by atoms with Crippen LogP contribution in [0.3, 0.4) is 0 Å². The highest BCUT2D eigenvalue weighted by atomic mass is 16.5. The molecular weight excluding hydrogens is 478 g/mol. The fourth-order valence-electron chi connectivity index (χ4n) is 4.19. The number of ether oxygens (including phenoxy) is 1. The number of benzene rings is 3. The molecule has 2 unspecified atom stereocenters. The molecule has 0 saturated heterocycles. The summed E-state index contributed by atoms with van der Waals surface area (Å²) in [4.78, 5) is 28.5. The van der Waals surface area contributed by atoms with Crippen molar-refractivity contribution in [3.05, 3.63) is 102 Å². The number of likely N-dealkylation sites (N-methyl/N-ethyl adjacent to an activating group) is 1. The Bertz CT molecular complexity index is 1100. The maximum absolute atomic E-state index is 13.3. The van der Waals surface area contributed by atoms with E-state index in [1.807, 2.05) is 60.7 Å². The van der Waals surface area contributed by atoms with Crippen molar-refractivity contribution in [1.82, 2.24) is 15.5 Å². The van der Waals surface area contributed by atoms with Crippen LogP contribution in [0.2, 0.25) is 0 Å². The monoisotopic (exact) mass is 517 g/mol. The molecular formula is C31H39N3O4. The van der Waals surface area contributed by atoms with Crippen LogP contribution in [0.1, 0.15) is 35.3 Å². The average molecular weight is 518 g/mol. The van der Waals surface area contributed by atoms with Crippen LogP contribution in [-0.2, 0) is 17.6 Å². The Hall–Kier alpha value is -3.68. The first kappa shape index (κ1) is 28.9. The zero-order valence-electron chi connectivity index (χ0n) is 22.3. The molecule has 0 bridgehead atoms. The average Bonchev–Trinajstić information content (AvgIpc) is 2.96. The predicted molar refractivity (Wildman–Crippen MR) is 150 cm³/mol. The summed E-state index contributed by atoms with van der Waals surface area (Å²) in [6.45, 7) is 7.48. The number of nitrogens with zero attached hydrogens (tertiary/aromatic N) is 1. The Kier molecular flexibility index (Phi) is 11.8. The topological polar surface area (TPSA) is 90.9 Å². The Morgan fingerprint density at radius 2 is 1.42 bits per heavy atom. The van der Waals surface area contributed by atoms with Crippen molar-refractivity contribution < 1.29 is 19.4 Å². The van der Waals surface area contributed by atoms with Crippen molar-refractivity contribution in [3.63, 3.8) is 0 Å². The summed E-state index contributed by atoms with van der Waals surface area (Å²) in [5, 5.41) is 15.7. The number of hydrogen-bond acceptors (Lipinski definition) is 5. The van der Waals surface area contributed by atoms with Gasteiger partial charge in [0.05, 0.1) is 12.6 Å². The van der Waals surface area contributed by atoms with Gasteiger partial charge in [-0.1, -0.05) is 74.5 Å². The van der Waals surface area contributed by atoms with Crippen molar-refractivity contribution >= 4 is 11.8 Å². The van der Waals surface area contributed by atoms with E-state index in [-0.39, 0.29) is 18.4 Å². The molecule has 3 rings (SSSR count). The standard InChI is InChI=1S/C31H39N3O4/c1-3-34(4-2)19-20-38-28-17-15-25(16-18-28)22-29(33-30(36)26-13-9-6-10-14-26)31(37)32-27(23-35)21-24-11-7-5-8-12-24/h5-18,27,29,35H,3-4,19-23H2,1-2H3,(H,32,37)(H,33,36). The third-order valence-electron chi connectivity index (χ3n) is 6.48. The molecule has 2 atom stereocenters. The number of rotatable bonds is 15. The lowest BCUT2D eigenvalue weighted by atomic mass is 10.0. The molecule has 0 aliphatic rings. The van der Waals surface area contributed by atoms with Gasteiger partial charge in [-0.25, -0.2) is 0 Å². The zero-order chi connectivity index (χ0) is 27.2. The summed E-state index contributed by atoms with van der Waals surface area (Å²) in [7, 11) is 0. The highest BCUT2D eigenvalue weighted by Gasteiger charge is 2.24. The van der Waals surface area contributed by atoms with Crippen molar-refractivity contribution in [2.24, 2.45) is 0 Å². The molecule has 3 aromatic carbocycles. The Morgan fingerprint density at radius 1 is 0.816 bits per heavy atom. The number of aliphatic hydroxyl groups excluding tert-OH is 1. The van der Waals surface area contributed by atoms with E-state index >= 15 is 0 Å². The lowest BCUT2D eigenvalue weighted by molar-refractivity contribution is -0.124. The van der Waals surface area contributed by atoms with Gasteiger partial charge in [-0.15, -0.1) is 0 Å². The maximum atomic E-state index is 13.3. The van der Waals surface area contributed by atoms with E-state index in [0.717, 1.165) is 36.5 Å². The molecule has 0 heterocycles. The number of hydrogen-bond donors (Lipinski definition) is 3. The van der Waals surface area contributed by atoms with Crippen LogP contribution in [-0.4, -0.2) is 66.8 Å². The first-order valence-electron chi connectivity index (χ1n) is 13.3. The van der Waals surface area contributed by atoms with Gasteiger partial charge >= 0.3 is 0 Å². The van der Waals surface area contributed by atoms with E-state index < -0.39 is 12.1 Å². The van der Waals surface area contributed by atoms with E-state index in [1.54, 1.807) is 24.3 Å².